The van der Waals surface area contributed by atoms with Crippen LogP contribution in [-0.4, -0.2) is 67.3 Å². The van der Waals surface area contributed by atoms with Crippen LogP contribution in [0.25, 0.3) is 5.65 Å². The average molecular weight is 450 g/mol. The van der Waals surface area contributed by atoms with Crippen LogP contribution < -0.4 is 24.4 Å². The van der Waals surface area contributed by atoms with Crippen molar-refractivity contribution in [2.75, 3.05) is 38.5 Å². The summed E-state index contributed by atoms with van der Waals surface area (Å²) in [6.45, 7) is 1.75. The highest BCUT2D eigenvalue weighted by Gasteiger charge is 2.28. The molecule has 166 valence electrons. The van der Waals surface area contributed by atoms with E-state index in [0.717, 1.165) is 0 Å². The Kier molecular flexibility index (Phi) is 6.10. The molecule has 13 nitrogen and oxygen atoms in total. The molecule has 2 N–H and O–H groups in total. The van der Waals surface area contributed by atoms with Crippen molar-refractivity contribution in [2.45, 2.75) is 18.4 Å². The van der Waals surface area contributed by atoms with E-state index in [9.17, 15) is 13.2 Å². The van der Waals surface area contributed by atoms with Crippen molar-refractivity contribution in [1.82, 2.24) is 29.3 Å². The number of carbonyl (C=O) groups is 1. The lowest BCUT2D eigenvalue weighted by molar-refractivity contribution is 0.256. The van der Waals surface area contributed by atoms with Crippen LogP contribution in [0.3, 0.4) is 0 Å². The van der Waals surface area contributed by atoms with E-state index >= 15 is 0 Å². The Hall–Kier alpha value is -3.68. The van der Waals surface area contributed by atoms with E-state index in [1.54, 1.807) is 38.1 Å². The minimum Gasteiger partial charge on any atom is -0.481 e. The van der Waals surface area contributed by atoms with Gasteiger partial charge in [-0.25, -0.2) is 14.5 Å². The summed E-state index contributed by atoms with van der Waals surface area (Å²) in [5.74, 6) is 0.567. The Morgan fingerprint density at radius 2 is 1.77 bits per heavy atom. The van der Waals surface area contributed by atoms with Crippen molar-refractivity contribution >= 4 is 33.5 Å². The lowest BCUT2D eigenvalue weighted by Crippen LogP contribution is -2.36. The van der Waals surface area contributed by atoms with Crippen LogP contribution in [0.1, 0.15) is 12.6 Å². The minimum atomic E-state index is -4.34. The molecule has 0 saturated heterocycles. The van der Waals surface area contributed by atoms with Gasteiger partial charge in [-0.15, -0.1) is 5.10 Å². The third-order valence-corrected chi connectivity index (χ3v) is 5.46. The van der Waals surface area contributed by atoms with Crippen LogP contribution in [-0.2, 0) is 16.4 Å². The number of aryl methyl sites for hydroxylation is 1. The number of aromatic nitrogens is 5. The molecule has 0 fully saturated rings. The van der Waals surface area contributed by atoms with E-state index in [1.165, 1.54) is 24.8 Å². The topological polar surface area (TPSA) is 153 Å². The molecule has 0 aliphatic heterocycles. The summed E-state index contributed by atoms with van der Waals surface area (Å²) in [4.78, 5) is 26.3. The summed E-state index contributed by atoms with van der Waals surface area (Å²) in [6, 6.07) is 3.69. The van der Waals surface area contributed by atoms with E-state index in [2.05, 4.69) is 25.4 Å². The largest absolute Gasteiger partial charge is 0.481 e. The van der Waals surface area contributed by atoms with Gasteiger partial charge in [0.1, 0.15) is 5.82 Å². The standard InChI is InChI=1S/C17H22N8O5S/c1-6-10-15(25-11(18-10)7-8-12(22-25)24(2)3)31(27,28)23-17(26)21-16-19-13(29-4)9-14(20-16)30-5/h7-9H,6H2,1-5H3,(H2,19,20,21,23,26). The molecular formula is C17H22N8O5S. The summed E-state index contributed by atoms with van der Waals surface area (Å²) in [5, 5.41) is 6.34. The third-order valence-electron chi connectivity index (χ3n) is 4.09. The van der Waals surface area contributed by atoms with Gasteiger partial charge in [0, 0.05) is 14.1 Å². The maximum Gasteiger partial charge on any atom is 0.335 e. The second-order valence-electron chi connectivity index (χ2n) is 6.41. The lowest BCUT2D eigenvalue weighted by Gasteiger charge is -2.12. The Morgan fingerprint density at radius 3 is 2.32 bits per heavy atom. The van der Waals surface area contributed by atoms with Crippen LogP contribution in [0.5, 0.6) is 11.8 Å². The number of amides is 2. The highest BCUT2D eigenvalue weighted by molar-refractivity contribution is 7.90. The van der Waals surface area contributed by atoms with Gasteiger partial charge in [0.05, 0.1) is 26.0 Å². The van der Waals surface area contributed by atoms with Gasteiger partial charge in [-0.1, -0.05) is 6.92 Å². The van der Waals surface area contributed by atoms with Gasteiger partial charge in [-0.2, -0.15) is 22.9 Å². The van der Waals surface area contributed by atoms with E-state index in [1.807, 2.05) is 4.72 Å². The molecule has 0 aromatic carbocycles. The third kappa shape index (κ3) is 4.58. The van der Waals surface area contributed by atoms with Crippen LogP contribution in [0.4, 0.5) is 16.6 Å². The van der Waals surface area contributed by atoms with Crippen molar-refractivity contribution in [3.63, 3.8) is 0 Å². The molecule has 31 heavy (non-hydrogen) atoms. The Bertz CT molecular complexity index is 1200. The number of rotatable bonds is 7. The van der Waals surface area contributed by atoms with Crippen molar-refractivity contribution < 1.29 is 22.7 Å². The Balaban J connectivity index is 1.94. The summed E-state index contributed by atoms with van der Waals surface area (Å²) >= 11 is 0. The predicted molar refractivity (Wildman–Crippen MR) is 111 cm³/mol. The number of fused-ring (bicyclic) bond motifs is 1. The fourth-order valence-corrected chi connectivity index (χ4v) is 3.91. The molecule has 3 aromatic rings. The van der Waals surface area contributed by atoms with Gasteiger partial charge in [0.25, 0.3) is 10.0 Å². The van der Waals surface area contributed by atoms with E-state index < -0.39 is 16.1 Å². The quantitative estimate of drug-likeness (QED) is 0.525. The van der Waals surface area contributed by atoms with Crippen LogP contribution >= 0.6 is 0 Å². The van der Waals surface area contributed by atoms with Crippen LogP contribution in [0.2, 0.25) is 0 Å². The maximum atomic E-state index is 13.0. The van der Waals surface area contributed by atoms with Gasteiger partial charge in [0.15, 0.2) is 5.65 Å². The van der Waals surface area contributed by atoms with Crippen LogP contribution in [0, 0.1) is 0 Å². The smallest absolute Gasteiger partial charge is 0.335 e. The highest BCUT2D eigenvalue weighted by Crippen LogP contribution is 2.21. The average Bonchev–Trinajstić information content (AvgIpc) is 3.11. The Morgan fingerprint density at radius 1 is 1.13 bits per heavy atom. The number of anilines is 2. The number of carbonyl (C=O) groups excluding carboxylic acids is 1. The van der Waals surface area contributed by atoms with E-state index in [0.29, 0.717) is 17.9 Å². The highest BCUT2D eigenvalue weighted by atomic mass is 32.2. The number of hydrogen-bond donors (Lipinski definition) is 2. The normalized spacial score (nSPS) is 11.3. The number of methoxy groups -OCH3 is 2. The summed E-state index contributed by atoms with van der Waals surface area (Å²) in [5.41, 5.74) is 0.604. The second-order valence-corrected chi connectivity index (χ2v) is 8.01. The van der Waals surface area contributed by atoms with Gasteiger partial charge in [-0.05, 0) is 18.6 Å². The fraction of sp³-hybridized carbons (Fsp3) is 0.353. The predicted octanol–water partition coefficient (Wildman–Crippen LogP) is 0.675. The fourth-order valence-electron chi connectivity index (χ4n) is 2.65. The first kappa shape index (κ1) is 22.0. The zero-order chi connectivity index (χ0) is 22.8. The van der Waals surface area contributed by atoms with Gasteiger partial charge in [0.2, 0.25) is 22.7 Å². The van der Waals surface area contributed by atoms with Gasteiger partial charge < -0.3 is 14.4 Å². The zero-order valence-corrected chi connectivity index (χ0v) is 18.4. The number of nitrogens with zero attached hydrogens (tertiary/aromatic N) is 6. The van der Waals surface area contributed by atoms with Crippen molar-refractivity contribution in [3.8, 4) is 11.8 Å². The molecule has 0 bridgehead atoms. The Labute approximate surface area is 178 Å². The first-order chi connectivity index (χ1) is 14.7. The number of ether oxygens (including phenoxy) is 2. The number of urea groups is 1. The number of nitrogens with one attached hydrogen (secondary N) is 2. The van der Waals surface area contributed by atoms with E-state index in [4.69, 9.17) is 9.47 Å². The zero-order valence-electron chi connectivity index (χ0n) is 17.6. The first-order valence-electron chi connectivity index (χ1n) is 9.05. The van der Waals surface area contributed by atoms with Crippen molar-refractivity contribution in [3.05, 3.63) is 23.9 Å². The van der Waals surface area contributed by atoms with Crippen molar-refractivity contribution in [1.29, 1.82) is 0 Å². The molecule has 3 aromatic heterocycles. The molecule has 3 heterocycles. The molecule has 14 heteroatoms. The molecule has 0 aliphatic carbocycles. The summed E-state index contributed by atoms with van der Waals surface area (Å²) in [6.07, 6.45) is 0.314. The molecule has 0 aliphatic rings. The molecule has 0 spiro atoms. The molecule has 0 saturated carbocycles. The van der Waals surface area contributed by atoms with E-state index in [-0.39, 0.29) is 28.4 Å². The SMILES string of the molecule is CCc1nc2ccc(N(C)C)nn2c1S(=O)(=O)NC(=O)Nc1nc(OC)cc(OC)n1. The summed E-state index contributed by atoms with van der Waals surface area (Å²) < 4.78 is 39.2. The molecule has 0 unspecified atom stereocenters. The summed E-state index contributed by atoms with van der Waals surface area (Å²) in [7, 11) is 1.96. The maximum absolute atomic E-state index is 13.0. The molecule has 0 radical (unpaired) electrons. The lowest BCUT2D eigenvalue weighted by atomic mass is 10.4. The number of imidazole rings is 1. The van der Waals surface area contributed by atoms with Crippen LogP contribution in [0.15, 0.2) is 23.2 Å². The monoisotopic (exact) mass is 450 g/mol. The molecule has 2 amide bonds. The minimum absolute atomic E-state index is 0.125. The van der Waals surface area contributed by atoms with Gasteiger partial charge >= 0.3 is 6.03 Å². The number of hydrogen-bond acceptors (Lipinski definition) is 10. The van der Waals surface area contributed by atoms with Gasteiger partial charge in [-0.3, -0.25) is 5.32 Å². The first-order valence-corrected chi connectivity index (χ1v) is 10.5. The van der Waals surface area contributed by atoms with Crippen molar-refractivity contribution in [2.24, 2.45) is 0 Å². The molecule has 0 atom stereocenters. The molecular weight excluding hydrogens is 428 g/mol. The second kappa shape index (κ2) is 8.59. The molecule has 3 rings (SSSR count). The number of sulfonamides is 1.